The normalized spacial score (nSPS) is 18.6. The van der Waals surface area contributed by atoms with E-state index in [2.05, 4.69) is 29.6 Å². The second-order valence-electron chi connectivity index (χ2n) is 6.43. The van der Waals surface area contributed by atoms with E-state index in [1.165, 1.54) is 19.3 Å². The molecule has 0 amide bonds. The summed E-state index contributed by atoms with van der Waals surface area (Å²) < 4.78 is 0. The van der Waals surface area contributed by atoms with E-state index in [-0.39, 0.29) is 5.92 Å². The number of carbonyl (C=O) groups excluding carboxylic acids is 1. The second kappa shape index (κ2) is 8.07. The van der Waals surface area contributed by atoms with Crippen molar-refractivity contribution in [2.45, 2.75) is 44.1 Å². The van der Waals surface area contributed by atoms with Crippen LogP contribution in [0.25, 0.3) is 0 Å². The second-order valence-corrected chi connectivity index (χ2v) is 6.43. The van der Waals surface area contributed by atoms with Crippen LogP contribution in [0.1, 0.15) is 49.1 Å². The molecule has 1 atom stereocenters. The number of ketones is 1. The van der Waals surface area contributed by atoms with Crippen LogP contribution in [0.4, 0.5) is 0 Å². The molecule has 0 spiro atoms. The van der Waals surface area contributed by atoms with E-state index >= 15 is 0 Å². The van der Waals surface area contributed by atoms with Crippen LogP contribution in [0.15, 0.2) is 60.7 Å². The molecular formula is C21H25NO. The van der Waals surface area contributed by atoms with E-state index in [0.717, 1.165) is 24.1 Å². The van der Waals surface area contributed by atoms with Gasteiger partial charge in [0.1, 0.15) is 5.78 Å². The van der Waals surface area contributed by atoms with Gasteiger partial charge in [0.05, 0.1) is 5.92 Å². The number of nitrogens with one attached hydrogen (secondary N) is 1. The molecule has 0 bridgehead atoms. The minimum atomic E-state index is -0.151. The van der Waals surface area contributed by atoms with Crippen LogP contribution < -0.4 is 5.32 Å². The van der Waals surface area contributed by atoms with E-state index in [4.69, 9.17) is 0 Å². The molecule has 1 fully saturated rings. The average molecular weight is 307 g/mol. The molecule has 1 saturated heterocycles. The zero-order valence-corrected chi connectivity index (χ0v) is 13.6. The van der Waals surface area contributed by atoms with Crippen LogP contribution in [-0.2, 0) is 4.79 Å². The number of benzene rings is 2. The van der Waals surface area contributed by atoms with Gasteiger partial charge < -0.3 is 5.32 Å². The standard InChI is InChI=1S/C21H25NO/c23-20(16-19-14-8-3-9-15-22-19)21(17-10-4-1-5-11-17)18-12-6-2-7-13-18/h1-2,4-7,10-13,19,21-22H,3,8-9,14-16H2. The first-order chi connectivity index (χ1) is 11.3. The van der Waals surface area contributed by atoms with Gasteiger partial charge in [-0.3, -0.25) is 4.79 Å². The van der Waals surface area contributed by atoms with Crippen LogP contribution in [0.5, 0.6) is 0 Å². The Labute approximate surface area is 138 Å². The van der Waals surface area contributed by atoms with Gasteiger partial charge in [-0.2, -0.15) is 0 Å². The van der Waals surface area contributed by atoms with E-state index < -0.39 is 0 Å². The lowest BCUT2D eigenvalue weighted by molar-refractivity contribution is -0.120. The van der Waals surface area contributed by atoms with Crippen molar-refractivity contribution in [2.75, 3.05) is 6.54 Å². The lowest BCUT2D eigenvalue weighted by atomic mass is 9.85. The van der Waals surface area contributed by atoms with E-state index in [9.17, 15) is 4.79 Å². The van der Waals surface area contributed by atoms with E-state index in [1.54, 1.807) is 0 Å². The summed E-state index contributed by atoms with van der Waals surface area (Å²) in [5.74, 6) is 0.171. The van der Waals surface area contributed by atoms with Gasteiger partial charge in [-0.25, -0.2) is 0 Å². The highest BCUT2D eigenvalue weighted by Gasteiger charge is 2.25. The maximum absolute atomic E-state index is 13.1. The minimum absolute atomic E-state index is 0.151. The van der Waals surface area contributed by atoms with Gasteiger partial charge in [-0.1, -0.05) is 73.5 Å². The first kappa shape index (κ1) is 15.9. The maximum atomic E-state index is 13.1. The Bertz CT molecular complexity index is 561. The molecule has 1 unspecified atom stereocenters. The SMILES string of the molecule is O=C(CC1CCCCCN1)C(c1ccccc1)c1ccccc1. The van der Waals surface area contributed by atoms with Crippen molar-refractivity contribution in [1.29, 1.82) is 0 Å². The zero-order chi connectivity index (χ0) is 15.9. The van der Waals surface area contributed by atoms with Crippen molar-refractivity contribution in [3.8, 4) is 0 Å². The molecule has 1 aliphatic rings. The largest absolute Gasteiger partial charge is 0.314 e. The van der Waals surface area contributed by atoms with Crippen molar-refractivity contribution in [1.82, 2.24) is 5.32 Å². The molecule has 2 aromatic rings. The molecule has 23 heavy (non-hydrogen) atoms. The molecule has 2 nitrogen and oxygen atoms in total. The Hall–Kier alpha value is -1.93. The first-order valence-corrected chi connectivity index (χ1v) is 8.70. The molecule has 1 aliphatic heterocycles. The molecule has 2 aromatic carbocycles. The van der Waals surface area contributed by atoms with Gasteiger partial charge in [-0.15, -0.1) is 0 Å². The Morgan fingerprint density at radius 1 is 0.913 bits per heavy atom. The summed E-state index contributed by atoms with van der Waals surface area (Å²) in [6, 6.07) is 20.7. The van der Waals surface area contributed by atoms with Crippen molar-refractivity contribution in [3.05, 3.63) is 71.8 Å². The van der Waals surface area contributed by atoms with Gasteiger partial charge in [0.15, 0.2) is 0 Å². The third-order valence-corrected chi connectivity index (χ3v) is 4.70. The molecule has 3 rings (SSSR count). The Balaban J connectivity index is 1.81. The van der Waals surface area contributed by atoms with Gasteiger partial charge in [0, 0.05) is 12.5 Å². The predicted molar refractivity (Wildman–Crippen MR) is 94.6 cm³/mol. The van der Waals surface area contributed by atoms with Crippen molar-refractivity contribution >= 4 is 5.78 Å². The number of Topliss-reactive ketones (excluding diaryl/α,β-unsaturated/α-hetero) is 1. The maximum Gasteiger partial charge on any atom is 0.146 e. The number of carbonyl (C=O) groups is 1. The van der Waals surface area contributed by atoms with Crippen LogP contribution in [0, 0.1) is 0 Å². The van der Waals surface area contributed by atoms with Gasteiger partial charge in [0.25, 0.3) is 0 Å². The quantitative estimate of drug-likeness (QED) is 0.892. The fourth-order valence-electron chi connectivity index (χ4n) is 3.49. The minimum Gasteiger partial charge on any atom is -0.314 e. The van der Waals surface area contributed by atoms with Gasteiger partial charge >= 0.3 is 0 Å². The monoisotopic (exact) mass is 307 g/mol. The molecule has 0 aromatic heterocycles. The highest BCUT2D eigenvalue weighted by Crippen LogP contribution is 2.28. The summed E-state index contributed by atoms with van der Waals surface area (Å²) in [5.41, 5.74) is 2.19. The number of rotatable bonds is 5. The molecule has 2 heteroatoms. The summed E-state index contributed by atoms with van der Waals surface area (Å²) in [5, 5.41) is 3.55. The fourth-order valence-corrected chi connectivity index (χ4v) is 3.49. The lowest BCUT2D eigenvalue weighted by Gasteiger charge is -2.21. The summed E-state index contributed by atoms with van der Waals surface area (Å²) in [7, 11) is 0. The Kier molecular flexibility index (Phi) is 5.60. The average Bonchev–Trinajstić information content (AvgIpc) is 2.86. The molecule has 0 aliphatic carbocycles. The van der Waals surface area contributed by atoms with Crippen LogP contribution in [0.3, 0.4) is 0 Å². The van der Waals surface area contributed by atoms with Gasteiger partial charge in [-0.05, 0) is 30.5 Å². The van der Waals surface area contributed by atoms with Crippen molar-refractivity contribution in [2.24, 2.45) is 0 Å². The molecule has 1 N–H and O–H groups in total. The summed E-state index contributed by atoms with van der Waals surface area (Å²) in [4.78, 5) is 13.1. The number of hydrogen-bond acceptors (Lipinski definition) is 2. The highest BCUT2D eigenvalue weighted by molar-refractivity contribution is 5.89. The van der Waals surface area contributed by atoms with Crippen LogP contribution in [-0.4, -0.2) is 18.4 Å². The Morgan fingerprint density at radius 2 is 1.52 bits per heavy atom. The van der Waals surface area contributed by atoms with Crippen molar-refractivity contribution < 1.29 is 4.79 Å². The Morgan fingerprint density at radius 3 is 2.13 bits per heavy atom. The van der Waals surface area contributed by atoms with Crippen molar-refractivity contribution in [3.63, 3.8) is 0 Å². The van der Waals surface area contributed by atoms with E-state index in [1.807, 2.05) is 36.4 Å². The first-order valence-electron chi connectivity index (χ1n) is 8.70. The molecule has 0 saturated carbocycles. The molecule has 1 heterocycles. The number of hydrogen-bond donors (Lipinski definition) is 1. The van der Waals surface area contributed by atoms with Crippen LogP contribution >= 0.6 is 0 Å². The van der Waals surface area contributed by atoms with Crippen LogP contribution in [0.2, 0.25) is 0 Å². The molecular weight excluding hydrogens is 282 g/mol. The zero-order valence-electron chi connectivity index (χ0n) is 13.6. The predicted octanol–water partition coefficient (Wildman–Crippen LogP) is 4.31. The fraction of sp³-hybridized carbons (Fsp3) is 0.381. The smallest absolute Gasteiger partial charge is 0.146 e. The third kappa shape index (κ3) is 4.29. The summed E-state index contributed by atoms with van der Waals surface area (Å²) in [6.45, 7) is 1.04. The molecule has 0 radical (unpaired) electrons. The highest BCUT2D eigenvalue weighted by atomic mass is 16.1. The van der Waals surface area contributed by atoms with E-state index in [0.29, 0.717) is 18.2 Å². The summed E-state index contributed by atoms with van der Waals surface area (Å²) >= 11 is 0. The topological polar surface area (TPSA) is 29.1 Å². The lowest BCUT2D eigenvalue weighted by Crippen LogP contribution is -2.32. The van der Waals surface area contributed by atoms with Gasteiger partial charge in [0.2, 0.25) is 0 Å². The molecule has 120 valence electrons. The summed E-state index contributed by atoms with van der Waals surface area (Å²) in [6.07, 6.45) is 5.47. The third-order valence-electron chi connectivity index (χ3n) is 4.70.